The van der Waals surface area contributed by atoms with E-state index < -0.39 is 0 Å². The SMILES string of the molecule is CCNCc1ccc(COc2ccc(F)cc2)s1. The molecule has 0 radical (unpaired) electrons. The average Bonchev–Trinajstić information content (AvgIpc) is 2.84. The van der Waals surface area contributed by atoms with Crippen LogP contribution in [0.25, 0.3) is 0 Å². The van der Waals surface area contributed by atoms with Gasteiger partial charge in [-0.05, 0) is 42.9 Å². The van der Waals surface area contributed by atoms with Crippen LogP contribution in [0.3, 0.4) is 0 Å². The summed E-state index contributed by atoms with van der Waals surface area (Å²) >= 11 is 1.73. The van der Waals surface area contributed by atoms with Gasteiger partial charge in [-0.1, -0.05) is 6.92 Å². The monoisotopic (exact) mass is 265 g/mol. The molecule has 0 aliphatic rings. The lowest BCUT2D eigenvalue weighted by molar-refractivity contribution is 0.309. The molecule has 0 aliphatic heterocycles. The molecule has 0 amide bonds. The average molecular weight is 265 g/mol. The Morgan fingerprint density at radius 2 is 1.83 bits per heavy atom. The van der Waals surface area contributed by atoms with Crippen molar-refractivity contribution in [2.75, 3.05) is 6.54 Å². The molecule has 0 atom stereocenters. The third kappa shape index (κ3) is 3.82. The quantitative estimate of drug-likeness (QED) is 0.862. The molecule has 0 saturated heterocycles. The van der Waals surface area contributed by atoms with Crippen molar-refractivity contribution in [3.8, 4) is 5.75 Å². The van der Waals surface area contributed by atoms with Crippen LogP contribution in [0.15, 0.2) is 36.4 Å². The van der Waals surface area contributed by atoms with Gasteiger partial charge in [-0.3, -0.25) is 0 Å². The van der Waals surface area contributed by atoms with Gasteiger partial charge < -0.3 is 10.1 Å². The fraction of sp³-hybridized carbons (Fsp3) is 0.286. The molecule has 0 unspecified atom stereocenters. The van der Waals surface area contributed by atoms with Crippen molar-refractivity contribution in [3.05, 3.63) is 52.0 Å². The number of hydrogen-bond donors (Lipinski definition) is 1. The molecule has 18 heavy (non-hydrogen) atoms. The van der Waals surface area contributed by atoms with E-state index >= 15 is 0 Å². The highest BCUT2D eigenvalue weighted by Gasteiger charge is 2.01. The number of benzene rings is 1. The van der Waals surface area contributed by atoms with E-state index in [-0.39, 0.29) is 5.82 Å². The van der Waals surface area contributed by atoms with Crippen LogP contribution >= 0.6 is 11.3 Å². The first-order chi connectivity index (χ1) is 8.78. The zero-order valence-electron chi connectivity index (χ0n) is 10.3. The van der Waals surface area contributed by atoms with Gasteiger partial charge in [-0.15, -0.1) is 11.3 Å². The number of halogens is 1. The fourth-order valence-electron chi connectivity index (χ4n) is 1.53. The minimum atomic E-state index is -0.244. The van der Waals surface area contributed by atoms with E-state index in [0.717, 1.165) is 13.1 Å². The summed E-state index contributed by atoms with van der Waals surface area (Å²) in [6, 6.07) is 10.3. The predicted octanol–water partition coefficient (Wildman–Crippen LogP) is 3.58. The van der Waals surface area contributed by atoms with E-state index in [1.54, 1.807) is 23.5 Å². The lowest BCUT2D eigenvalue weighted by Gasteiger charge is -2.03. The molecule has 4 heteroatoms. The van der Waals surface area contributed by atoms with Crippen LogP contribution in [-0.2, 0) is 13.2 Å². The maximum Gasteiger partial charge on any atom is 0.123 e. The molecule has 2 nitrogen and oxygen atoms in total. The van der Waals surface area contributed by atoms with E-state index in [0.29, 0.717) is 12.4 Å². The van der Waals surface area contributed by atoms with Crippen LogP contribution < -0.4 is 10.1 Å². The number of hydrogen-bond acceptors (Lipinski definition) is 3. The van der Waals surface area contributed by atoms with Crippen LogP contribution in [0.5, 0.6) is 5.75 Å². The second-order valence-corrected chi connectivity index (χ2v) is 5.14. The number of thiophene rings is 1. The van der Waals surface area contributed by atoms with E-state index in [4.69, 9.17) is 4.74 Å². The van der Waals surface area contributed by atoms with Crippen molar-refractivity contribution in [1.29, 1.82) is 0 Å². The molecule has 1 aromatic carbocycles. The first kappa shape index (κ1) is 13.1. The largest absolute Gasteiger partial charge is 0.488 e. The summed E-state index contributed by atoms with van der Waals surface area (Å²) in [5, 5.41) is 3.29. The summed E-state index contributed by atoms with van der Waals surface area (Å²) in [4.78, 5) is 2.47. The van der Waals surface area contributed by atoms with E-state index in [2.05, 4.69) is 24.4 Å². The molecule has 0 spiro atoms. The fourth-order valence-corrected chi connectivity index (χ4v) is 2.43. The van der Waals surface area contributed by atoms with Gasteiger partial charge in [-0.25, -0.2) is 4.39 Å². The van der Waals surface area contributed by atoms with Crippen molar-refractivity contribution < 1.29 is 9.13 Å². The molecule has 1 heterocycles. The lowest BCUT2D eigenvalue weighted by atomic mass is 10.3. The maximum absolute atomic E-state index is 12.7. The molecule has 2 aromatic rings. The van der Waals surface area contributed by atoms with E-state index in [9.17, 15) is 4.39 Å². The van der Waals surface area contributed by atoms with E-state index in [1.807, 2.05) is 0 Å². The first-order valence-corrected chi connectivity index (χ1v) is 6.76. The van der Waals surface area contributed by atoms with Gasteiger partial charge in [0, 0.05) is 16.3 Å². The predicted molar refractivity (Wildman–Crippen MR) is 72.4 cm³/mol. The van der Waals surface area contributed by atoms with Crippen LogP contribution in [0.1, 0.15) is 16.7 Å². The van der Waals surface area contributed by atoms with Crippen molar-refractivity contribution >= 4 is 11.3 Å². The second kappa shape index (κ2) is 6.52. The van der Waals surface area contributed by atoms with Gasteiger partial charge in [-0.2, -0.15) is 0 Å². The summed E-state index contributed by atoms with van der Waals surface area (Å²) < 4.78 is 18.3. The standard InChI is InChI=1S/C14H16FNOS/c1-2-16-9-13-7-8-14(18-13)10-17-12-5-3-11(15)4-6-12/h3-8,16H,2,9-10H2,1H3. The molecule has 0 bridgehead atoms. The Balaban J connectivity index is 1.86. The van der Waals surface area contributed by atoms with Crippen molar-refractivity contribution in [2.45, 2.75) is 20.1 Å². The third-order valence-electron chi connectivity index (χ3n) is 2.46. The first-order valence-electron chi connectivity index (χ1n) is 5.94. The van der Waals surface area contributed by atoms with Crippen LogP contribution in [0, 0.1) is 5.82 Å². The Kier molecular flexibility index (Phi) is 4.73. The minimum Gasteiger partial charge on any atom is -0.488 e. The van der Waals surface area contributed by atoms with Gasteiger partial charge in [0.1, 0.15) is 18.2 Å². The molecule has 1 aromatic heterocycles. The molecular formula is C14H16FNOS. The Labute approximate surface area is 110 Å². The Morgan fingerprint density at radius 3 is 2.56 bits per heavy atom. The minimum absolute atomic E-state index is 0.244. The zero-order chi connectivity index (χ0) is 12.8. The van der Waals surface area contributed by atoms with Gasteiger partial charge in [0.05, 0.1) is 0 Å². The third-order valence-corrected chi connectivity index (χ3v) is 3.52. The maximum atomic E-state index is 12.7. The van der Waals surface area contributed by atoms with Gasteiger partial charge >= 0.3 is 0 Å². The molecular weight excluding hydrogens is 249 g/mol. The Morgan fingerprint density at radius 1 is 1.11 bits per heavy atom. The Hall–Kier alpha value is -1.39. The van der Waals surface area contributed by atoms with Gasteiger partial charge in [0.15, 0.2) is 0 Å². The summed E-state index contributed by atoms with van der Waals surface area (Å²) in [5.41, 5.74) is 0. The Bertz CT molecular complexity index is 481. The van der Waals surface area contributed by atoms with Crippen molar-refractivity contribution in [2.24, 2.45) is 0 Å². The highest BCUT2D eigenvalue weighted by Crippen LogP contribution is 2.19. The van der Waals surface area contributed by atoms with E-state index in [1.165, 1.54) is 21.9 Å². The normalized spacial score (nSPS) is 10.6. The summed E-state index contributed by atoms with van der Waals surface area (Å²) in [7, 11) is 0. The molecule has 0 saturated carbocycles. The number of ether oxygens (including phenoxy) is 1. The molecule has 96 valence electrons. The summed E-state index contributed by atoms with van der Waals surface area (Å²) in [6.45, 7) is 4.49. The van der Waals surface area contributed by atoms with Crippen molar-refractivity contribution in [3.63, 3.8) is 0 Å². The highest BCUT2D eigenvalue weighted by atomic mass is 32.1. The summed E-state index contributed by atoms with van der Waals surface area (Å²) in [6.07, 6.45) is 0. The number of rotatable bonds is 6. The second-order valence-electron chi connectivity index (χ2n) is 3.89. The molecule has 1 N–H and O–H groups in total. The summed E-state index contributed by atoms with van der Waals surface area (Å²) in [5.74, 6) is 0.449. The van der Waals surface area contributed by atoms with Gasteiger partial charge in [0.25, 0.3) is 0 Å². The van der Waals surface area contributed by atoms with Crippen LogP contribution in [-0.4, -0.2) is 6.54 Å². The zero-order valence-corrected chi connectivity index (χ0v) is 11.1. The molecule has 0 aliphatic carbocycles. The smallest absolute Gasteiger partial charge is 0.123 e. The number of nitrogens with one attached hydrogen (secondary N) is 1. The van der Waals surface area contributed by atoms with Crippen LogP contribution in [0.4, 0.5) is 4.39 Å². The highest BCUT2D eigenvalue weighted by molar-refractivity contribution is 7.11. The molecule has 2 rings (SSSR count). The lowest BCUT2D eigenvalue weighted by Crippen LogP contribution is -2.10. The molecule has 0 fully saturated rings. The van der Waals surface area contributed by atoms with Gasteiger partial charge in [0.2, 0.25) is 0 Å². The topological polar surface area (TPSA) is 21.3 Å². The van der Waals surface area contributed by atoms with Crippen molar-refractivity contribution in [1.82, 2.24) is 5.32 Å². The van der Waals surface area contributed by atoms with Crippen LogP contribution in [0.2, 0.25) is 0 Å².